The zero-order valence-electron chi connectivity index (χ0n) is 7.33. The van der Waals surface area contributed by atoms with Crippen LogP contribution in [0.2, 0.25) is 0 Å². The van der Waals surface area contributed by atoms with Crippen LogP contribution in [-0.4, -0.2) is 23.3 Å². The summed E-state index contributed by atoms with van der Waals surface area (Å²) in [5.74, 6) is -0.235. The maximum absolute atomic E-state index is 10.8. The van der Waals surface area contributed by atoms with E-state index in [0.717, 1.165) is 0 Å². The van der Waals surface area contributed by atoms with Gasteiger partial charge in [0.25, 0.3) is 0 Å². The summed E-state index contributed by atoms with van der Waals surface area (Å²) in [5, 5.41) is 8.83. The topological polar surface area (TPSA) is 46.5 Å². The van der Waals surface area contributed by atoms with Crippen LogP contribution >= 0.6 is 0 Å². The summed E-state index contributed by atoms with van der Waals surface area (Å²) in [4.78, 5) is 10.8. The highest BCUT2D eigenvalue weighted by Crippen LogP contribution is 1.99. The molecule has 0 fully saturated rings. The van der Waals surface area contributed by atoms with E-state index in [-0.39, 0.29) is 12.1 Å². The first-order valence-electron chi connectivity index (χ1n) is 3.90. The van der Waals surface area contributed by atoms with Gasteiger partial charge in [-0.05, 0) is 27.2 Å². The highest BCUT2D eigenvalue weighted by Gasteiger charge is 2.06. The van der Waals surface area contributed by atoms with E-state index in [4.69, 9.17) is 9.84 Å². The van der Waals surface area contributed by atoms with Crippen molar-refractivity contribution in [1.29, 1.82) is 0 Å². The number of ether oxygens (including phenoxy) is 1. The van der Waals surface area contributed by atoms with Crippen molar-refractivity contribution in [2.75, 3.05) is 0 Å². The van der Waals surface area contributed by atoms with Gasteiger partial charge in [0.05, 0.1) is 12.2 Å². The Bertz CT molecular complexity index is 119. The van der Waals surface area contributed by atoms with E-state index in [0.29, 0.717) is 12.8 Å². The van der Waals surface area contributed by atoms with Crippen LogP contribution < -0.4 is 0 Å². The lowest BCUT2D eigenvalue weighted by molar-refractivity contribution is -0.147. The van der Waals surface area contributed by atoms with Gasteiger partial charge in [-0.1, -0.05) is 0 Å². The Labute approximate surface area is 67.4 Å². The Morgan fingerprint density at radius 1 is 1.45 bits per heavy atom. The monoisotopic (exact) mass is 160 g/mol. The van der Waals surface area contributed by atoms with Gasteiger partial charge in [0.2, 0.25) is 0 Å². The Morgan fingerprint density at radius 3 is 2.36 bits per heavy atom. The van der Waals surface area contributed by atoms with Gasteiger partial charge in [-0.3, -0.25) is 4.79 Å². The molecule has 0 aliphatic rings. The van der Waals surface area contributed by atoms with Crippen molar-refractivity contribution in [3.05, 3.63) is 0 Å². The number of carbonyl (C=O) groups is 1. The third-order valence-electron chi connectivity index (χ3n) is 1.13. The number of aliphatic hydroxyl groups excluding tert-OH is 1. The first-order chi connectivity index (χ1) is 5.02. The Kier molecular flexibility index (Phi) is 4.86. The minimum Gasteiger partial charge on any atom is -0.463 e. The van der Waals surface area contributed by atoms with Gasteiger partial charge >= 0.3 is 5.97 Å². The van der Waals surface area contributed by atoms with E-state index >= 15 is 0 Å². The maximum atomic E-state index is 10.8. The molecule has 0 spiro atoms. The first kappa shape index (κ1) is 10.4. The second-order valence-electron chi connectivity index (χ2n) is 2.93. The number of hydrogen-bond acceptors (Lipinski definition) is 3. The van der Waals surface area contributed by atoms with Crippen LogP contribution in [0.4, 0.5) is 0 Å². The Morgan fingerprint density at radius 2 is 2.00 bits per heavy atom. The molecule has 0 aromatic carbocycles. The molecule has 0 aromatic heterocycles. The number of carbonyl (C=O) groups excluding carboxylic acids is 1. The van der Waals surface area contributed by atoms with Gasteiger partial charge < -0.3 is 9.84 Å². The van der Waals surface area contributed by atoms with E-state index in [1.54, 1.807) is 20.8 Å². The third-order valence-corrected chi connectivity index (χ3v) is 1.13. The molecule has 0 amide bonds. The average Bonchev–Trinajstić information content (AvgIpc) is 1.82. The lowest BCUT2D eigenvalue weighted by atomic mass is 10.2. The molecule has 3 nitrogen and oxygen atoms in total. The molecular weight excluding hydrogens is 144 g/mol. The number of esters is 1. The number of rotatable bonds is 4. The van der Waals surface area contributed by atoms with Crippen molar-refractivity contribution < 1.29 is 14.6 Å². The SMILES string of the molecule is CC(O)CCC(=O)OC(C)C. The summed E-state index contributed by atoms with van der Waals surface area (Å²) >= 11 is 0. The largest absolute Gasteiger partial charge is 0.463 e. The fourth-order valence-corrected chi connectivity index (χ4v) is 0.649. The van der Waals surface area contributed by atoms with Crippen LogP contribution in [0.1, 0.15) is 33.6 Å². The summed E-state index contributed by atoms with van der Waals surface area (Å²) in [6, 6.07) is 0. The smallest absolute Gasteiger partial charge is 0.306 e. The molecule has 0 bridgehead atoms. The molecule has 0 saturated heterocycles. The minimum atomic E-state index is -0.422. The zero-order valence-corrected chi connectivity index (χ0v) is 7.33. The van der Waals surface area contributed by atoms with Crippen molar-refractivity contribution in [2.24, 2.45) is 0 Å². The maximum Gasteiger partial charge on any atom is 0.306 e. The van der Waals surface area contributed by atoms with Gasteiger partial charge in [0, 0.05) is 6.42 Å². The van der Waals surface area contributed by atoms with Gasteiger partial charge in [0.1, 0.15) is 0 Å². The van der Waals surface area contributed by atoms with E-state index in [9.17, 15) is 4.79 Å². The molecular formula is C8H16O3. The van der Waals surface area contributed by atoms with E-state index < -0.39 is 6.10 Å². The van der Waals surface area contributed by atoms with Crippen molar-refractivity contribution >= 4 is 5.97 Å². The number of aliphatic hydroxyl groups is 1. The normalized spacial score (nSPS) is 13.2. The molecule has 0 aliphatic carbocycles. The third kappa shape index (κ3) is 7.33. The van der Waals surface area contributed by atoms with E-state index in [1.807, 2.05) is 0 Å². The van der Waals surface area contributed by atoms with Crippen LogP contribution in [0.5, 0.6) is 0 Å². The molecule has 11 heavy (non-hydrogen) atoms. The Balaban J connectivity index is 3.38. The lowest BCUT2D eigenvalue weighted by Gasteiger charge is -2.08. The van der Waals surface area contributed by atoms with Gasteiger partial charge in [-0.25, -0.2) is 0 Å². The molecule has 1 atom stereocenters. The predicted molar refractivity (Wildman–Crippen MR) is 42.1 cm³/mol. The van der Waals surface area contributed by atoms with Crippen LogP contribution in [0.15, 0.2) is 0 Å². The highest BCUT2D eigenvalue weighted by atomic mass is 16.5. The molecule has 66 valence electrons. The second-order valence-corrected chi connectivity index (χ2v) is 2.93. The molecule has 0 aromatic rings. The summed E-state index contributed by atoms with van der Waals surface area (Å²) in [5.41, 5.74) is 0. The summed E-state index contributed by atoms with van der Waals surface area (Å²) < 4.78 is 4.85. The molecule has 0 heterocycles. The fourth-order valence-electron chi connectivity index (χ4n) is 0.649. The van der Waals surface area contributed by atoms with Crippen LogP contribution in [0.25, 0.3) is 0 Å². The minimum absolute atomic E-state index is 0.0588. The summed E-state index contributed by atoms with van der Waals surface area (Å²) in [6.07, 6.45) is 0.299. The quantitative estimate of drug-likeness (QED) is 0.626. The van der Waals surface area contributed by atoms with Crippen molar-refractivity contribution in [1.82, 2.24) is 0 Å². The fraction of sp³-hybridized carbons (Fsp3) is 0.875. The van der Waals surface area contributed by atoms with Crippen molar-refractivity contribution in [3.8, 4) is 0 Å². The van der Waals surface area contributed by atoms with Crippen LogP contribution in [0.3, 0.4) is 0 Å². The summed E-state index contributed by atoms with van der Waals surface area (Å²) in [6.45, 7) is 5.27. The predicted octanol–water partition coefficient (Wildman–Crippen LogP) is 1.10. The molecule has 0 saturated carbocycles. The molecule has 3 heteroatoms. The highest BCUT2D eigenvalue weighted by molar-refractivity contribution is 5.69. The first-order valence-corrected chi connectivity index (χ1v) is 3.90. The average molecular weight is 160 g/mol. The van der Waals surface area contributed by atoms with Crippen molar-refractivity contribution in [2.45, 2.75) is 45.8 Å². The van der Waals surface area contributed by atoms with Gasteiger partial charge in [-0.2, -0.15) is 0 Å². The van der Waals surface area contributed by atoms with Crippen molar-refractivity contribution in [3.63, 3.8) is 0 Å². The lowest BCUT2D eigenvalue weighted by Crippen LogP contribution is -2.13. The standard InChI is InChI=1S/C8H16O3/c1-6(2)11-8(10)5-4-7(3)9/h6-7,9H,4-5H2,1-3H3. The molecule has 1 unspecified atom stereocenters. The van der Waals surface area contributed by atoms with Crippen LogP contribution in [-0.2, 0) is 9.53 Å². The summed E-state index contributed by atoms with van der Waals surface area (Å²) in [7, 11) is 0. The van der Waals surface area contributed by atoms with Crippen LogP contribution in [0, 0.1) is 0 Å². The zero-order chi connectivity index (χ0) is 8.85. The van der Waals surface area contributed by atoms with Gasteiger partial charge in [0.15, 0.2) is 0 Å². The molecule has 0 aliphatic heterocycles. The van der Waals surface area contributed by atoms with E-state index in [2.05, 4.69) is 0 Å². The Hall–Kier alpha value is -0.570. The van der Waals surface area contributed by atoms with E-state index in [1.165, 1.54) is 0 Å². The van der Waals surface area contributed by atoms with Gasteiger partial charge in [-0.15, -0.1) is 0 Å². The number of hydrogen-bond donors (Lipinski definition) is 1. The second kappa shape index (κ2) is 5.13. The molecule has 0 rings (SSSR count). The molecule has 1 N–H and O–H groups in total. The molecule has 0 radical (unpaired) electrons.